The van der Waals surface area contributed by atoms with Crippen LogP contribution in [0.3, 0.4) is 0 Å². The lowest BCUT2D eigenvalue weighted by Crippen LogP contribution is -2.35. The van der Waals surface area contributed by atoms with Crippen molar-refractivity contribution in [3.8, 4) is 11.5 Å². The third-order valence-corrected chi connectivity index (χ3v) is 4.05. The fourth-order valence-corrected chi connectivity index (χ4v) is 2.89. The van der Waals surface area contributed by atoms with Gasteiger partial charge in [0.25, 0.3) is 0 Å². The van der Waals surface area contributed by atoms with Crippen molar-refractivity contribution in [1.29, 1.82) is 0 Å². The molecule has 3 nitrogen and oxygen atoms in total. The summed E-state index contributed by atoms with van der Waals surface area (Å²) in [6, 6.07) is 16.7. The van der Waals surface area contributed by atoms with Crippen LogP contribution in [-0.4, -0.2) is 17.8 Å². The first-order valence-electron chi connectivity index (χ1n) is 7.56. The molecule has 3 heteroatoms. The molecule has 3 rings (SSSR count). The second kappa shape index (κ2) is 6.29. The highest BCUT2D eigenvalue weighted by Gasteiger charge is 2.27. The molecule has 2 aromatic rings. The van der Waals surface area contributed by atoms with Crippen LogP contribution in [0.2, 0.25) is 0 Å². The number of hydrogen-bond acceptors (Lipinski definition) is 3. The molecular weight excluding hydrogens is 262 g/mol. The molecule has 0 bridgehead atoms. The van der Waals surface area contributed by atoms with E-state index >= 15 is 0 Å². The van der Waals surface area contributed by atoms with E-state index in [1.165, 1.54) is 0 Å². The van der Waals surface area contributed by atoms with Gasteiger partial charge in [0.05, 0.1) is 6.04 Å². The highest BCUT2D eigenvalue weighted by molar-refractivity contribution is 5.52. The van der Waals surface area contributed by atoms with Gasteiger partial charge in [-0.05, 0) is 25.0 Å². The van der Waals surface area contributed by atoms with E-state index in [0.29, 0.717) is 6.04 Å². The van der Waals surface area contributed by atoms with E-state index in [1.54, 1.807) is 0 Å². The summed E-state index contributed by atoms with van der Waals surface area (Å²) in [6.45, 7) is 2.35. The van der Waals surface area contributed by atoms with Crippen molar-refractivity contribution in [2.24, 2.45) is 0 Å². The summed E-state index contributed by atoms with van der Waals surface area (Å²) in [5.41, 5.74) is 2.32. The van der Waals surface area contributed by atoms with Gasteiger partial charge in [0.1, 0.15) is 11.5 Å². The summed E-state index contributed by atoms with van der Waals surface area (Å²) in [4.78, 5) is 0. The molecule has 2 aromatic carbocycles. The summed E-state index contributed by atoms with van der Waals surface area (Å²) >= 11 is 0. The van der Waals surface area contributed by atoms with E-state index in [1.807, 2.05) is 36.4 Å². The molecule has 1 unspecified atom stereocenters. The molecule has 1 aliphatic rings. The molecule has 0 saturated heterocycles. The summed E-state index contributed by atoms with van der Waals surface area (Å²) in [6.07, 6.45) is 1.75. The van der Waals surface area contributed by atoms with E-state index in [-0.39, 0.29) is 12.6 Å². The quantitative estimate of drug-likeness (QED) is 0.880. The Balaban J connectivity index is 1.98. The second-order valence-corrected chi connectivity index (χ2v) is 5.39. The Hall–Kier alpha value is -1.84. The SMILES string of the molecule is CCC(CCO)NC1c2ccccc2Oc2ccccc21. The van der Waals surface area contributed by atoms with Gasteiger partial charge in [-0.1, -0.05) is 43.3 Å². The topological polar surface area (TPSA) is 41.5 Å². The number of nitrogens with one attached hydrogen (secondary N) is 1. The smallest absolute Gasteiger partial charge is 0.132 e. The summed E-state index contributed by atoms with van der Waals surface area (Å²) in [7, 11) is 0. The largest absolute Gasteiger partial charge is 0.457 e. The molecule has 0 fully saturated rings. The molecule has 2 N–H and O–H groups in total. The van der Waals surface area contributed by atoms with Crippen molar-refractivity contribution in [1.82, 2.24) is 5.32 Å². The maximum atomic E-state index is 9.22. The van der Waals surface area contributed by atoms with Crippen molar-refractivity contribution < 1.29 is 9.84 Å². The maximum Gasteiger partial charge on any atom is 0.132 e. The van der Waals surface area contributed by atoms with Gasteiger partial charge in [-0.25, -0.2) is 0 Å². The molecule has 0 saturated carbocycles. The monoisotopic (exact) mass is 283 g/mol. The lowest BCUT2D eigenvalue weighted by molar-refractivity contribution is 0.257. The first kappa shape index (κ1) is 14.1. The van der Waals surface area contributed by atoms with Gasteiger partial charge < -0.3 is 15.2 Å². The molecule has 0 spiro atoms. The Labute approximate surface area is 125 Å². The molecule has 0 radical (unpaired) electrons. The third-order valence-electron chi connectivity index (χ3n) is 4.05. The zero-order valence-electron chi connectivity index (χ0n) is 12.3. The third kappa shape index (κ3) is 2.80. The van der Waals surface area contributed by atoms with E-state index in [2.05, 4.69) is 24.4 Å². The van der Waals surface area contributed by atoms with E-state index in [4.69, 9.17) is 4.74 Å². The van der Waals surface area contributed by atoms with Crippen molar-refractivity contribution in [2.75, 3.05) is 6.61 Å². The number of fused-ring (bicyclic) bond motifs is 2. The van der Waals surface area contributed by atoms with Gasteiger partial charge in [0.2, 0.25) is 0 Å². The molecule has 0 amide bonds. The van der Waals surface area contributed by atoms with Gasteiger partial charge >= 0.3 is 0 Å². The number of hydrogen-bond donors (Lipinski definition) is 2. The van der Waals surface area contributed by atoms with Crippen LogP contribution in [0, 0.1) is 0 Å². The zero-order valence-corrected chi connectivity index (χ0v) is 12.3. The van der Waals surface area contributed by atoms with Crippen LogP contribution in [0.4, 0.5) is 0 Å². The lowest BCUT2D eigenvalue weighted by Gasteiger charge is -2.31. The Morgan fingerprint density at radius 2 is 1.62 bits per heavy atom. The van der Waals surface area contributed by atoms with Crippen LogP contribution in [0.1, 0.15) is 36.9 Å². The molecule has 21 heavy (non-hydrogen) atoms. The molecule has 1 heterocycles. The van der Waals surface area contributed by atoms with Crippen LogP contribution in [-0.2, 0) is 0 Å². The first-order valence-corrected chi connectivity index (χ1v) is 7.56. The number of rotatable bonds is 5. The molecule has 0 aliphatic carbocycles. The fourth-order valence-electron chi connectivity index (χ4n) is 2.89. The number of aliphatic hydroxyl groups excluding tert-OH is 1. The predicted molar refractivity (Wildman–Crippen MR) is 83.7 cm³/mol. The standard InChI is InChI=1S/C18H21NO2/c1-2-13(11-12-20)19-18-14-7-3-5-9-16(14)21-17-10-6-4-8-15(17)18/h3-10,13,18-20H,2,11-12H2,1H3. The number of ether oxygens (including phenoxy) is 1. The molecule has 1 atom stereocenters. The average Bonchev–Trinajstić information content (AvgIpc) is 2.53. The summed E-state index contributed by atoms with van der Waals surface area (Å²) in [5.74, 6) is 1.82. The normalized spacial score (nSPS) is 15.0. The highest BCUT2D eigenvalue weighted by atomic mass is 16.5. The van der Waals surface area contributed by atoms with Crippen LogP contribution in [0.5, 0.6) is 11.5 Å². The van der Waals surface area contributed by atoms with Gasteiger partial charge in [0.15, 0.2) is 0 Å². The number of aliphatic hydroxyl groups is 1. The average molecular weight is 283 g/mol. The summed E-state index contributed by atoms with van der Waals surface area (Å²) in [5, 5.41) is 12.9. The van der Waals surface area contributed by atoms with Crippen molar-refractivity contribution in [3.05, 3.63) is 59.7 Å². The van der Waals surface area contributed by atoms with Crippen molar-refractivity contribution in [2.45, 2.75) is 31.8 Å². The Morgan fingerprint density at radius 3 is 2.14 bits per heavy atom. The van der Waals surface area contributed by atoms with E-state index in [0.717, 1.165) is 35.5 Å². The van der Waals surface area contributed by atoms with Crippen molar-refractivity contribution >= 4 is 0 Å². The molecule has 110 valence electrons. The Bertz CT molecular complexity index is 566. The van der Waals surface area contributed by atoms with Gasteiger partial charge in [-0.2, -0.15) is 0 Å². The minimum Gasteiger partial charge on any atom is -0.457 e. The molecular formula is C18H21NO2. The lowest BCUT2D eigenvalue weighted by atomic mass is 9.93. The number of para-hydroxylation sites is 2. The highest BCUT2D eigenvalue weighted by Crippen LogP contribution is 2.42. The Morgan fingerprint density at radius 1 is 1.05 bits per heavy atom. The van der Waals surface area contributed by atoms with Crippen LogP contribution in [0.15, 0.2) is 48.5 Å². The Kier molecular flexibility index (Phi) is 4.23. The molecule has 1 aliphatic heterocycles. The van der Waals surface area contributed by atoms with Crippen LogP contribution < -0.4 is 10.1 Å². The van der Waals surface area contributed by atoms with Gasteiger partial charge in [-0.15, -0.1) is 0 Å². The first-order chi connectivity index (χ1) is 10.3. The van der Waals surface area contributed by atoms with Crippen LogP contribution in [0.25, 0.3) is 0 Å². The van der Waals surface area contributed by atoms with Crippen molar-refractivity contribution in [3.63, 3.8) is 0 Å². The second-order valence-electron chi connectivity index (χ2n) is 5.39. The number of benzene rings is 2. The van der Waals surface area contributed by atoms with Crippen LogP contribution >= 0.6 is 0 Å². The molecule has 0 aromatic heterocycles. The minimum atomic E-state index is 0.114. The predicted octanol–water partition coefficient (Wildman–Crippen LogP) is 3.63. The van der Waals surface area contributed by atoms with E-state index < -0.39 is 0 Å². The van der Waals surface area contributed by atoms with Gasteiger partial charge in [-0.3, -0.25) is 0 Å². The maximum absolute atomic E-state index is 9.22. The minimum absolute atomic E-state index is 0.114. The fraction of sp³-hybridized carbons (Fsp3) is 0.333. The van der Waals surface area contributed by atoms with Gasteiger partial charge in [0, 0.05) is 23.8 Å². The zero-order chi connectivity index (χ0) is 14.7. The summed E-state index contributed by atoms with van der Waals surface area (Å²) < 4.78 is 5.99. The van der Waals surface area contributed by atoms with E-state index in [9.17, 15) is 5.11 Å².